The van der Waals surface area contributed by atoms with Gasteiger partial charge in [0, 0.05) is 10.6 Å². The number of hydrogen-bond acceptors (Lipinski definition) is 6. The normalized spacial score (nSPS) is 9.96. The molecule has 7 heteroatoms. The van der Waals surface area contributed by atoms with Crippen LogP contribution in [0, 0.1) is 24.5 Å². The zero-order chi connectivity index (χ0) is 18.4. The number of nitrogens with zero attached hydrogens (tertiary/aromatic N) is 1. The lowest BCUT2D eigenvalue weighted by molar-refractivity contribution is -0.119. The maximum Gasteiger partial charge on any atom is 0.342 e. The minimum absolute atomic E-state index is 0.00691. The lowest BCUT2D eigenvalue weighted by Crippen LogP contribution is -2.21. The first kappa shape index (κ1) is 18.4. The monoisotopic (exact) mass is 356 g/mol. The summed E-state index contributed by atoms with van der Waals surface area (Å²) in [6.07, 6.45) is 0. The predicted octanol–water partition coefficient (Wildman–Crippen LogP) is 3.38. The van der Waals surface area contributed by atoms with Gasteiger partial charge in [-0.15, -0.1) is 0 Å². The fourth-order valence-corrected chi connectivity index (χ4v) is 2.58. The first-order valence-corrected chi connectivity index (χ1v) is 8.15. The fourth-order valence-electron chi connectivity index (χ4n) is 2.10. The Morgan fingerprint density at radius 1 is 1.24 bits per heavy atom. The Morgan fingerprint density at radius 3 is 2.64 bits per heavy atom. The van der Waals surface area contributed by atoms with E-state index in [1.54, 1.807) is 38.1 Å². The Kier molecular flexibility index (Phi) is 6.03. The van der Waals surface area contributed by atoms with Crippen molar-refractivity contribution in [3.63, 3.8) is 0 Å². The average molecular weight is 356 g/mol. The highest BCUT2D eigenvalue weighted by Crippen LogP contribution is 2.23. The maximum absolute atomic E-state index is 11.9. The van der Waals surface area contributed by atoms with Crippen LogP contribution in [0.15, 0.2) is 41.3 Å². The molecule has 0 heterocycles. The molecule has 0 aliphatic heterocycles. The molecule has 0 aromatic heterocycles. The smallest absolute Gasteiger partial charge is 0.342 e. The number of phenolic OH excluding ortho intramolecular Hbond substituents is 1. The number of benzene rings is 2. The van der Waals surface area contributed by atoms with E-state index in [4.69, 9.17) is 10.00 Å². The molecule has 0 saturated carbocycles. The number of esters is 1. The van der Waals surface area contributed by atoms with Crippen LogP contribution in [0.25, 0.3) is 0 Å². The van der Waals surface area contributed by atoms with E-state index in [9.17, 15) is 14.7 Å². The number of thioether (sulfide) groups is 1. The van der Waals surface area contributed by atoms with Gasteiger partial charge >= 0.3 is 5.97 Å². The highest BCUT2D eigenvalue weighted by atomic mass is 32.2. The number of rotatable bonds is 5. The molecular formula is C18H16N2O4S. The zero-order valence-electron chi connectivity index (χ0n) is 13.7. The molecule has 0 aliphatic carbocycles. The second-order valence-corrected chi connectivity index (χ2v) is 6.17. The van der Waals surface area contributed by atoms with Crippen molar-refractivity contribution in [2.45, 2.75) is 18.7 Å². The van der Waals surface area contributed by atoms with Crippen LogP contribution in [0.2, 0.25) is 0 Å². The molecule has 1 amide bonds. The van der Waals surface area contributed by atoms with Gasteiger partial charge < -0.3 is 15.2 Å². The number of amides is 1. The van der Waals surface area contributed by atoms with E-state index in [1.165, 1.54) is 12.1 Å². The van der Waals surface area contributed by atoms with Gasteiger partial charge in [-0.2, -0.15) is 5.26 Å². The Bertz CT molecular complexity index is 859. The van der Waals surface area contributed by atoms with Gasteiger partial charge in [-0.3, -0.25) is 4.79 Å². The van der Waals surface area contributed by atoms with E-state index < -0.39 is 18.5 Å². The van der Waals surface area contributed by atoms with Gasteiger partial charge in [0.05, 0.1) is 0 Å². The van der Waals surface area contributed by atoms with Crippen LogP contribution in [0.1, 0.15) is 21.5 Å². The average Bonchev–Trinajstić information content (AvgIpc) is 2.55. The number of aromatic hydroxyl groups is 1. The van der Waals surface area contributed by atoms with Crippen molar-refractivity contribution in [2.75, 3.05) is 11.9 Å². The van der Waals surface area contributed by atoms with Crippen molar-refractivity contribution in [2.24, 2.45) is 0 Å². The number of phenols is 1. The van der Waals surface area contributed by atoms with Crippen LogP contribution in [0.5, 0.6) is 5.75 Å². The van der Waals surface area contributed by atoms with E-state index in [-0.39, 0.29) is 11.3 Å². The summed E-state index contributed by atoms with van der Waals surface area (Å²) in [7, 11) is 0. The first-order valence-electron chi connectivity index (χ1n) is 7.34. The number of nitriles is 1. The third-order valence-electron chi connectivity index (χ3n) is 3.34. The minimum Gasteiger partial charge on any atom is -0.507 e. The first-order chi connectivity index (χ1) is 11.9. The third kappa shape index (κ3) is 4.99. The summed E-state index contributed by atoms with van der Waals surface area (Å²) < 4.78 is 4.93. The van der Waals surface area contributed by atoms with Crippen molar-refractivity contribution >= 4 is 29.3 Å². The molecule has 25 heavy (non-hydrogen) atoms. The van der Waals surface area contributed by atoms with Gasteiger partial charge in [0.15, 0.2) is 6.61 Å². The van der Waals surface area contributed by atoms with Crippen molar-refractivity contribution in [3.8, 4) is 11.2 Å². The Balaban J connectivity index is 1.94. The number of anilines is 1. The van der Waals surface area contributed by atoms with Gasteiger partial charge in [0.25, 0.3) is 5.91 Å². The van der Waals surface area contributed by atoms with Crippen molar-refractivity contribution < 1.29 is 19.4 Å². The number of hydrogen-bond donors (Lipinski definition) is 2. The fraction of sp³-hybridized carbons (Fsp3) is 0.167. The van der Waals surface area contributed by atoms with E-state index >= 15 is 0 Å². The molecule has 2 rings (SSSR count). The molecule has 0 spiro atoms. The number of ether oxygens (including phenoxy) is 1. The second-order valence-electron chi connectivity index (χ2n) is 5.31. The van der Waals surface area contributed by atoms with Crippen LogP contribution >= 0.6 is 11.8 Å². The summed E-state index contributed by atoms with van der Waals surface area (Å²) in [5.74, 6) is -1.46. The number of nitrogens with one attached hydrogen (secondary N) is 1. The van der Waals surface area contributed by atoms with Gasteiger partial charge in [0.1, 0.15) is 16.7 Å². The number of carbonyl (C=O) groups is 2. The minimum atomic E-state index is -0.773. The SMILES string of the molecule is Cc1ccc(C(=O)OCC(=O)Nc2ccc(SC#N)cc2C)c(O)c1. The van der Waals surface area contributed by atoms with Gasteiger partial charge in [-0.1, -0.05) is 6.07 Å². The van der Waals surface area contributed by atoms with Crippen LogP contribution in [0.4, 0.5) is 5.69 Å². The molecule has 6 nitrogen and oxygen atoms in total. The lowest BCUT2D eigenvalue weighted by atomic mass is 10.1. The quantitative estimate of drug-likeness (QED) is 0.484. The van der Waals surface area contributed by atoms with Crippen molar-refractivity contribution in [1.82, 2.24) is 0 Å². The van der Waals surface area contributed by atoms with E-state index in [0.29, 0.717) is 5.69 Å². The Morgan fingerprint density at radius 2 is 2.00 bits per heavy atom. The van der Waals surface area contributed by atoms with Crippen LogP contribution in [0.3, 0.4) is 0 Å². The molecule has 0 atom stereocenters. The summed E-state index contributed by atoms with van der Waals surface area (Å²) in [5.41, 5.74) is 2.17. The molecule has 2 N–H and O–H groups in total. The number of carbonyl (C=O) groups excluding carboxylic acids is 2. The van der Waals surface area contributed by atoms with E-state index in [1.807, 2.05) is 5.40 Å². The Hall–Kier alpha value is -2.98. The second kappa shape index (κ2) is 8.22. The van der Waals surface area contributed by atoms with Crippen molar-refractivity contribution in [1.29, 1.82) is 5.26 Å². The predicted molar refractivity (Wildman–Crippen MR) is 94.4 cm³/mol. The molecule has 0 bridgehead atoms. The lowest BCUT2D eigenvalue weighted by Gasteiger charge is -2.10. The summed E-state index contributed by atoms with van der Waals surface area (Å²) in [5, 5.41) is 23.0. The highest BCUT2D eigenvalue weighted by molar-refractivity contribution is 8.03. The number of aryl methyl sites for hydroxylation is 2. The molecule has 128 valence electrons. The standard InChI is InChI=1S/C18H16N2O4S/c1-11-3-5-14(16(21)7-11)18(23)24-9-17(22)20-15-6-4-13(25-10-19)8-12(15)2/h3-8,21H,9H2,1-2H3,(H,20,22). The largest absolute Gasteiger partial charge is 0.507 e. The topological polar surface area (TPSA) is 99.4 Å². The molecule has 0 saturated heterocycles. The molecular weight excluding hydrogens is 340 g/mol. The summed E-state index contributed by atoms with van der Waals surface area (Å²) >= 11 is 1.03. The zero-order valence-corrected chi connectivity index (χ0v) is 14.5. The number of thiocyanates is 1. The van der Waals surface area contributed by atoms with Gasteiger partial charge in [0.2, 0.25) is 0 Å². The summed E-state index contributed by atoms with van der Waals surface area (Å²) in [6.45, 7) is 3.11. The molecule has 0 aliphatic rings. The molecule has 0 unspecified atom stereocenters. The van der Waals surface area contributed by atoms with E-state index in [0.717, 1.165) is 27.8 Å². The van der Waals surface area contributed by atoms with Crippen LogP contribution in [-0.2, 0) is 9.53 Å². The van der Waals surface area contributed by atoms with Crippen LogP contribution < -0.4 is 5.32 Å². The molecule has 2 aromatic carbocycles. The third-order valence-corrected chi connectivity index (χ3v) is 3.92. The summed E-state index contributed by atoms with van der Waals surface area (Å²) in [4.78, 5) is 24.6. The summed E-state index contributed by atoms with van der Waals surface area (Å²) in [6, 6.07) is 9.73. The Labute approximate surface area is 149 Å². The maximum atomic E-state index is 11.9. The van der Waals surface area contributed by atoms with Crippen molar-refractivity contribution in [3.05, 3.63) is 53.1 Å². The van der Waals surface area contributed by atoms with Gasteiger partial charge in [-0.25, -0.2) is 4.79 Å². The molecule has 0 fully saturated rings. The highest BCUT2D eigenvalue weighted by Gasteiger charge is 2.15. The van der Waals surface area contributed by atoms with E-state index in [2.05, 4.69) is 5.32 Å². The molecule has 0 radical (unpaired) electrons. The van der Waals surface area contributed by atoms with Crippen LogP contribution in [-0.4, -0.2) is 23.6 Å². The van der Waals surface area contributed by atoms with Gasteiger partial charge in [-0.05, 0) is 67.1 Å². The molecule has 2 aromatic rings.